The minimum atomic E-state index is -4.38. The van der Waals surface area contributed by atoms with Crippen molar-refractivity contribution in [2.24, 2.45) is 5.92 Å². The van der Waals surface area contributed by atoms with Gasteiger partial charge in [0.1, 0.15) is 28.8 Å². The van der Waals surface area contributed by atoms with E-state index in [0.29, 0.717) is 24.3 Å². The number of halogens is 7. The molecule has 0 spiro atoms. The maximum Gasteiger partial charge on any atom is 0.432 e. The lowest BCUT2D eigenvalue weighted by Gasteiger charge is -2.30. The molecule has 5 rings (SSSR count). The van der Waals surface area contributed by atoms with E-state index in [1.54, 1.807) is 0 Å². The number of hydrogen-bond acceptors (Lipinski definition) is 4. The third-order valence-corrected chi connectivity index (χ3v) is 7.43. The molecule has 11 heteroatoms. The summed E-state index contributed by atoms with van der Waals surface area (Å²) < 4.78 is 122. The van der Waals surface area contributed by atoms with Gasteiger partial charge in [-0.3, -0.25) is 0 Å². The molecule has 4 aromatic rings. The fourth-order valence-corrected chi connectivity index (χ4v) is 5.10. The van der Waals surface area contributed by atoms with E-state index in [1.165, 1.54) is 42.5 Å². The van der Waals surface area contributed by atoms with Crippen molar-refractivity contribution in [1.29, 1.82) is 0 Å². The molecule has 0 saturated carbocycles. The monoisotopic (exact) mass is 646 g/mol. The lowest BCUT2D eigenvalue weighted by Crippen LogP contribution is -2.28. The van der Waals surface area contributed by atoms with Gasteiger partial charge in [-0.1, -0.05) is 42.5 Å². The molecule has 0 bridgehead atoms. The van der Waals surface area contributed by atoms with Gasteiger partial charge in [0.15, 0.2) is 17.9 Å². The summed E-state index contributed by atoms with van der Waals surface area (Å²) >= 11 is 0. The maximum atomic E-state index is 15.0. The van der Waals surface area contributed by atoms with Crippen LogP contribution in [0.15, 0.2) is 84.9 Å². The zero-order chi connectivity index (χ0) is 32.8. The van der Waals surface area contributed by atoms with Gasteiger partial charge in [0.05, 0.1) is 13.2 Å². The van der Waals surface area contributed by atoms with Crippen LogP contribution in [0.3, 0.4) is 0 Å². The molecule has 1 aliphatic rings. The van der Waals surface area contributed by atoms with Crippen LogP contribution >= 0.6 is 0 Å². The summed E-state index contributed by atoms with van der Waals surface area (Å²) in [6.07, 6.45) is 0.106. The average Bonchev–Trinajstić information content (AvgIpc) is 3.02. The van der Waals surface area contributed by atoms with Crippen molar-refractivity contribution in [2.75, 3.05) is 20.1 Å². The Labute approximate surface area is 261 Å². The first-order chi connectivity index (χ1) is 22.1. The van der Waals surface area contributed by atoms with Crippen LogP contribution in [-0.4, -0.2) is 20.1 Å². The van der Waals surface area contributed by atoms with E-state index in [9.17, 15) is 22.0 Å². The Morgan fingerprint density at radius 1 is 0.783 bits per heavy atom. The number of alkyl halides is 3. The van der Waals surface area contributed by atoms with Crippen molar-refractivity contribution in [3.63, 3.8) is 0 Å². The van der Waals surface area contributed by atoms with Gasteiger partial charge in [-0.05, 0) is 78.9 Å². The first kappa shape index (κ1) is 33.0. The number of ether oxygens (including phenoxy) is 4. The molecular formula is C35H29F7O4. The van der Waals surface area contributed by atoms with Gasteiger partial charge in [0.25, 0.3) is 0 Å². The molecule has 0 amide bonds. The van der Waals surface area contributed by atoms with Crippen molar-refractivity contribution in [2.45, 2.75) is 32.2 Å². The Morgan fingerprint density at radius 3 is 2.02 bits per heavy atom. The molecule has 1 fully saturated rings. The molecule has 0 radical (unpaired) electrons. The van der Waals surface area contributed by atoms with Gasteiger partial charge in [-0.15, -0.1) is 0 Å². The van der Waals surface area contributed by atoms with Crippen molar-refractivity contribution in [1.82, 2.24) is 0 Å². The predicted molar refractivity (Wildman–Crippen MR) is 157 cm³/mol. The number of rotatable bonds is 11. The Kier molecular flexibility index (Phi) is 10.3. The summed E-state index contributed by atoms with van der Waals surface area (Å²) in [5.74, 6) is -5.24. The van der Waals surface area contributed by atoms with Crippen LogP contribution < -0.4 is 9.47 Å². The number of allylic oxidation sites excluding steroid dienone is 2. The fourth-order valence-electron chi connectivity index (χ4n) is 5.10. The van der Waals surface area contributed by atoms with E-state index in [0.717, 1.165) is 43.2 Å². The third-order valence-electron chi connectivity index (χ3n) is 7.43. The van der Waals surface area contributed by atoms with Gasteiger partial charge in [0.2, 0.25) is 6.86 Å². The Hall–Kier alpha value is -4.35. The molecule has 0 unspecified atom stereocenters. The summed E-state index contributed by atoms with van der Waals surface area (Å²) in [4.78, 5) is 0. The number of hydrogen-bond donors (Lipinski definition) is 0. The third kappa shape index (κ3) is 7.54. The standard InChI is InChI=1S/C35H29F7O4/c1-2-3-4-5-21-18-43-34(44-19-21)25-16-30(39)33(31(40)17-25)35(41,42)46-26-10-6-22(7-11-26)23-8-12-27(28(37)14-23)24-9-13-32(45-20-36)29(38)15-24/h2-3,6-17,21,34H,4-5,18-20H2,1H3. The second-order valence-corrected chi connectivity index (χ2v) is 10.6. The molecule has 0 atom stereocenters. The quantitative estimate of drug-likeness (QED) is 0.120. The molecule has 0 N–H and O–H groups in total. The minimum Gasteiger partial charge on any atom is -0.460 e. The van der Waals surface area contributed by atoms with E-state index in [1.807, 2.05) is 19.1 Å². The van der Waals surface area contributed by atoms with Gasteiger partial charge in [-0.25, -0.2) is 22.0 Å². The van der Waals surface area contributed by atoms with E-state index in [-0.39, 0.29) is 28.4 Å². The summed E-state index contributed by atoms with van der Waals surface area (Å²) in [5.41, 5.74) is -0.612. The Balaban J connectivity index is 1.26. The Bertz CT molecular complexity index is 1660. The zero-order valence-electron chi connectivity index (χ0n) is 24.6. The smallest absolute Gasteiger partial charge is 0.432 e. The fraction of sp³-hybridized carbons (Fsp3) is 0.257. The summed E-state index contributed by atoms with van der Waals surface area (Å²) in [6, 6.07) is 14.2. The van der Waals surface area contributed by atoms with E-state index >= 15 is 8.78 Å². The van der Waals surface area contributed by atoms with E-state index in [2.05, 4.69) is 4.74 Å². The number of benzene rings is 4. The summed E-state index contributed by atoms with van der Waals surface area (Å²) in [6.45, 7) is 1.29. The zero-order valence-corrected chi connectivity index (χ0v) is 24.6. The topological polar surface area (TPSA) is 36.9 Å². The van der Waals surface area contributed by atoms with Crippen LogP contribution in [0.5, 0.6) is 11.5 Å². The highest BCUT2D eigenvalue weighted by molar-refractivity contribution is 5.71. The highest BCUT2D eigenvalue weighted by Gasteiger charge is 2.42. The van der Waals surface area contributed by atoms with E-state index in [4.69, 9.17) is 14.2 Å². The van der Waals surface area contributed by atoms with Crippen molar-refractivity contribution < 1.29 is 49.7 Å². The molecule has 1 heterocycles. The summed E-state index contributed by atoms with van der Waals surface area (Å²) in [7, 11) is 0. The molecule has 1 saturated heterocycles. The van der Waals surface area contributed by atoms with Crippen molar-refractivity contribution >= 4 is 0 Å². The lowest BCUT2D eigenvalue weighted by molar-refractivity contribution is -0.206. The molecule has 46 heavy (non-hydrogen) atoms. The Morgan fingerprint density at radius 2 is 1.41 bits per heavy atom. The van der Waals surface area contributed by atoms with Crippen LogP contribution in [0.1, 0.15) is 37.2 Å². The minimum absolute atomic E-state index is 0.0648. The SMILES string of the molecule is CC=CCCC1COC(c2cc(F)c(C(F)(F)Oc3ccc(-c4ccc(-c5ccc(OCF)c(F)c5)c(F)c4)cc3)c(F)c2)OC1. The largest absolute Gasteiger partial charge is 0.460 e. The normalized spacial score (nSPS) is 17.0. The van der Waals surface area contributed by atoms with E-state index < -0.39 is 53.8 Å². The van der Waals surface area contributed by atoms with Crippen LogP contribution in [0, 0.1) is 29.2 Å². The molecule has 4 nitrogen and oxygen atoms in total. The first-order valence-corrected chi connectivity index (χ1v) is 14.4. The molecule has 0 aliphatic carbocycles. The predicted octanol–water partition coefficient (Wildman–Crippen LogP) is 10.0. The van der Waals surface area contributed by atoms with Crippen molar-refractivity contribution in [3.05, 3.63) is 119 Å². The highest BCUT2D eigenvalue weighted by atomic mass is 19.3. The summed E-state index contributed by atoms with van der Waals surface area (Å²) in [5, 5.41) is 0. The van der Waals surface area contributed by atoms with Crippen LogP contribution in [-0.2, 0) is 15.6 Å². The molecule has 0 aromatic heterocycles. The molecule has 242 valence electrons. The van der Waals surface area contributed by atoms with Crippen molar-refractivity contribution in [3.8, 4) is 33.8 Å². The average molecular weight is 647 g/mol. The molecular weight excluding hydrogens is 617 g/mol. The van der Waals surface area contributed by atoms with Gasteiger partial charge < -0.3 is 18.9 Å². The first-order valence-electron chi connectivity index (χ1n) is 14.4. The van der Waals surface area contributed by atoms with Crippen LogP contribution in [0.25, 0.3) is 22.3 Å². The molecule has 4 aromatic carbocycles. The second kappa shape index (κ2) is 14.4. The highest BCUT2D eigenvalue weighted by Crippen LogP contribution is 2.38. The van der Waals surface area contributed by atoms with Crippen LogP contribution in [0.4, 0.5) is 30.7 Å². The lowest BCUT2D eigenvalue weighted by atomic mass is 9.99. The second-order valence-electron chi connectivity index (χ2n) is 10.6. The molecule has 1 aliphatic heterocycles. The maximum absolute atomic E-state index is 15.0. The van der Waals surface area contributed by atoms with Gasteiger partial charge in [0, 0.05) is 17.0 Å². The van der Waals surface area contributed by atoms with Gasteiger partial charge in [-0.2, -0.15) is 8.78 Å². The van der Waals surface area contributed by atoms with Gasteiger partial charge >= 0.3 is 6.11 Å². The van der Waals surface area contributed by atoms with Crippen LogP contribution in [0.2, 0.25) is 0 Å².